The standard InChI is InChI=1S/C32H35F2N3O5S2/c1-19(2)30-32(43-36-24-11-13-27(14-12-24)44(35)42)29(20-3-7-22(33)8-4-20)31(21-5-9-23(34)10-6-21)37(30)16-15-25(38)17-26(39)18-28(40)41/h3-14,19,25-26,36,38-39H,15-18,35H2,1-2H3,(H,40,41). The fourth-order valence-electron chi connectivity index (χ4n) is 5.08. The van der Waals surface area contributed by atoms with Crippen molar-refractivity contribution >= 4 is 34.6 Å². The lowest BCUT2D eigenvalue weighted by Gasteiger charge is -2.20. The van der Waals surface area contributed by atoms with Crippen molar-refractivity contribution in [2.45, 2.75) is 67.6 Å². The summed E-state index contributed by atoms with van der Waals surface area (Å²) in [7, 11) is -1.61. The number of benzene rings is 3. The summed E-state index contributed by atoms with van der Waals surface area (Å²) in [6.45, 7) is 4.35. The molecule has 0 amide bonds. The molecule has 4 rings (SSSR count). The number of halogens is 2. The predicted molar refractivity (Wildman–Crippen MR) is 169 cm³/mol. The van der Waals surface area contributed by atoms with Gasteiger partial charge in [0.05, 0.1) is 34.1 Å². The molecule has 4 aromatic rings. The fourth-order valence-corrected chi connectivity index (χ4v) is 6.60. The van der Waals surface area contributed by atoms with E-state index in [0.717, 1.165) is 33.1 Å². The van der Waals surface area contributed by atoms with E-state index in [1.165, 1.54) is 36.2 Å². The lowest BCUT2D eigenvalue weighted by atomic mass is 10.00. The monoisotopic (exact) mass is 643 g/mol. The van der Waals surface area contributed by atoms with Crippen LogP contribution in [0, 0.1) is 11.6 Å². The maximum atomic E-state index is 14.1. The Balaban J connectivity index is 1.85. The smallest absolute Gasteiger partial charge is 0.305 e. The van der Waals surface area contributed by atoms with Crippen molar-refractivity contribution in [1.29, 1.82) is 0 Å². The summed E-state index contributed by atoms with van der Waals surface area (Å²) in [5.74, 6) is -1.99. The minimum atomic E-state index is -1.61. The number of aliphatic carboxylic acids is 1. The predicted octanol–water partition coefficient (Wildman–Crippen LogP) is 6.30. The first-order chi connectivity index (χ1) is 20.9. The van der Waals surface area contributed by atoms with E-state index in [9.17, 15) is 28.0 Å². The molecule has 3 atom stereocenters. The Morgan fingerprint density at radius 2 is 1.50 bits per heavy atom. The number of nitrogens with two attached hydrogens (primary N) is 1. The molecule has 12 heteroatoms. The number of hydrogen-bond donors (Lipinski definition) is 5. The first-order valence-electron chi connectivity index (χ1n) is 14.0. The van der Waals surface area contributed by atoms with Gasteiger partial charge in [0.25, 0.3) is 0 Å². The van der Waals surface area contributed by atoms with Gasteiger partial charge in [-0.3, -0.25) is 4.79 Å². The van der Waals surface area contributed by atoms with Crippen LogP contribution in [0.2, 0.25) is 0 Å². The molecule has 44 heavy (non-hydrogen) atoms. The summed E-state index contributed by atoms with van der Waals surface area (Å²) in [4.78, 5) is 12.3. The highest BCUT2D eigenvalue weighted by molar-refractivity contribution is 8.00. The topological polar surface area (TPSA) is 138 Å². The van der Waals surface area contributed by atoms with Gasteiger partial charge in [-0.25, -0.2) is 18.1 Å². The molecule has 1 aromatic heterocycles. The van der Waals surface area contributed by atoms with Crippen LogP contribution in [0.1, 0.15) is 44.7 Å². The maximum absolute atomic E-state index is 14.1. The zero-order chi connectivity index (χ0) is 32.0. The van der Waals surface area contributed by atoms with Crippen molar-refractivity contribution in [3.05, 3.63) is 90.1 Å². The Morgan fingerprint density at radius 1 is 0.932 bits per heavy atom. The zero-order valence-electron chi connectivity index (χ0n) is 24.2. The number of anilines is 1. The highest BCUT2D eigenvalue weighted by atomic mass is 32.2. The largest absolute Gasteiger partial charge is 0.481 e. The molecule has 0 saturated heterocycles. The van der Waals surface area contributed by atoms with Crippen LogP contribution < -0.4 is 9.86 Å². The van der Waals surface area contributed by atoms with Gasteiger partial charge in [0, 0.05) is 23.5 Å². The fraction of sp³-hybridized carbons (Fsp3) is 0.281. The van der Waals surface area contributed by atoms with Crippen LogP contribution in [-0.2, 0) is 22.3 Å². The minimum Gasteiger partial charge on any atom is -0.481 e. The highest BCUT2D eigenvalue weighted by Crippen LogP contribution is 2.47. The normalized spacial score (nSPS) is 13.5. The quantitative estimate of drug-likeness (QED) is 0.102. The summed E-state index contributed by atoms with van der Waals surface area (Å²) in [6, 6.07) is 19.0. The molecule has 3 aromatic carbocycles. The first kappa shape index (κ1) is 33.3. The van der Waals surface area contributed by atoms with Gasteiger partial charge >= 0.3 is 5.97 Å². The van der Waals surface area contributed by atoms with Crippen LogP contribution in [0.5, 0.6) is 0 Å². The Hall–Kier alpha value is -3.55. The second-order valence-corrected chi connectivity index (χ2v) is 12.6. The summed E-state index contributed by atoms with van der Waals surface area (Å²) >= 11 is 1.34. The van der Waals surface area contributed by atoms with Gasteiger partial charge in [0.2, 0.25) is 0 Å². The third kappa shape index (κ3) is 8.33. The summed E-state index contributed by atoms with van der Waals surface area (Å²) in [5, 5.41) is 35.3. The number of carbonyl (C=O) groups is 1. The lowest BCUT2D eigenvalue weighted by Crippen LogP contribution is -2.22. The molecule has 3 unspecified atom stereocenters. The highest BCUT2D eigenvalue weighted by Gasteiger charge is 2.28. The SMILES string of the molecule is CC(C)c1c(SNc2ccc(S(N)=O)cc2)c(-c2ccc(F)cc2)c(-c2ccc(F)cc2)n1CCC(O)CC(O)CC(=O)O. The third-order valence-corrected chi connectivity index (χ3v) is 8.74. The van der Waals surface area contributed by atoms with Crippen molar-refractivity contribution in [2.24, 2.45) is 5.14 Å². The van der Waals surface area contributed by atoms with Crippen LogP contribution >= 0.6 is 11.9 Å². The molecule has 0 bridgehead atoms. The van der Waals surface area contributed by atoms with Crippen molar-refractivity contribution in [1.82, 2.24) is 4.57 Å². The van der Waals surface area contributed by atoms with Gasteiger partial charge in [0.1, 0.15) is 22.6 Å². The van der Waals surface area contributed by atoms with E-state index in [-0.39, 0.29) is 18.8 Å². The molecule has 8 nitrogen and oxygen atoms in total. The number of nitrogens with one attached hydrogen (secondary N) is 1. The van der Waals surface area contributed by atoms with Gasteiger partial charge in [-0.05, 0) is 102 Å². The molecular formula is C32H35F2N3O5S2. The van der Waals surface area contributed by atoms with E-state index in [4.69, 9.17) is 10.2 Å². The molecular weight excluding hydrogens is 608 g/mol. The van der Waals surface area contributed by atoms with Crippen LogP contribution in [0.3, 0.4) is 0 Å². The number of hydrogen-bond acceptors (Lipinski definition) is 6. The van der Waals surface area contributed by atoms with Crippen LogP contribution in [0.25, 0.3) is 22.4 Å². The summed E-state index contributed by atoms with van der Waals surface area (Å²) < 4.78 is 45.1. The average Bonchev–Trinajstić information content (AvgIpc) is 3.29. The number of carboxylic acids is 1. The van der Waals surface area contributed by atoms with E-state index in [2.05, 4.69) is 4.72 Å². The van der Waals surface area contributed by atoms with Gasteiger partial charge in [-0.15, -0.1) is 0 Å². The molecule has 234 valence electrons. The summed E-state index contributed by atoms with van der Waals surface area (Å²) in [6.07, 6.45) is -2.54. The van der Waals surface area contributed by atoms with Gasteiger partial charge in [0.15, 0.2) is 0 Å². The maximum Gasteiger partial charge on any atom is 0.305 e. The second kappa shape index (κ2) is 15.0. The molecule has 0 spiro atoms. The molecule has 0 fully saturated rings. The molecule has 0 saturated carbocycles. The molecule has 6 N–H and O–H groups in total. The van der Waals surface area contributed by atoms with Crippen molar-refractivity contribution in [2.75, 3.05) is 4.72 Å². The van der Waals surface area contributed by atoms with E-state index in [1.807, 2.05) is 18.4 Å². The molecule has 0 aliphatic rings. The van der Waals surface area contributed by atoms with Crippen LogP contribution in [0.4, 0.5) is 14.5 Å². The Labute approximate surface area is 261 Å². The molecule has 1 heterocycles. The van der Waals surface area contributed by atoms with Gasteiger partial charge in [-0.1, -0.05) is 26.0 Å². The molecule has 0 aliphatic heterocycles. The van der Waals surface area contributed by atoms with Gasteiger partial charge < -0.3 is 24.6 Å². The number of aromatic nitrogens is 1. The van der Waals surface area contributed by atoms with Crippen LogP contribution in [0.15, 0.2) is 82.6 Å². The van der Waals surface area contributed by atoms with E-state index in [0.29, 0.717) is 17.0 Å². The zero-order valence-corrected chi connectivity index (χ0v) is 25.9. The lowest BCUT2D eigenvalue weighted by molar-refractivity contribution is -0.139. The minimum absolute atomic E-state index is 0.0375. The van der Waals surface area contributed by atoms with E-state index < -0.39 is 47.2 Å². The first-order valence-corrected chi connectivity index (χ1v) is 16.0. The Kier molecular flexibility index (Phi) is 11.3. The Morgan fingerprint density at radius 3 is 2.02 bits per heavy atom. The number of carboxylic acid groups (broad SMARTS) is 1. The van der Waals surface area contributed by atoms with E-state index >= 15 is 0 Å². The molecule has 0 aliphatic carbocycles. The van der Waals surface area contributed by atoms with Crippen molar-refractivity contribution in [3.63, 3.8) is 0 Å². The number of rotatable bonds is 14. The second-order valence-electron chi connectivity index (χ2n) is 10.7. The summed E-state index contributed by atoms with van der Waals surface area (Å²) in [5.41, 5.74) is 4.56. The van der Waals surface area contributed by atoms with Crippen LogP contribution in [-0.4, -0.2) is 42.3 Å². The van der Waals surface area contributed by atoms with Gasteiger partial charge in [-0.2, -0.15) is 0 Å². The third-order valence-electron chi connectivity index (χ3n) is 7.05. The number of nitrogens with zero attached hydrogens (tertiary/aromatic N) is 1. The number of aliphatic hydroxyl groups excluding tert-OH is 2. The molecule has 0 radical (unpaired) electrons. The van der Waals surface area contributed by atoms with Crippen molar-refractivity contribution in [3.8, 4) is 22.4 Å². The van der Waals surface area contributed by atoms with Crippen molar-refractivity contribution < 1.29 is 33.1 Å². The number of aliphatic hydroxyl groups is 2. The average molecular weight is 644 g/mol. The Bertz CT molecular complexity index is 1590. The van der Waals surface area contributed by atoms with E-state index in [1.54, 1.807) is 48.5 Å².